The van der Waals surface area contributed by atoms with Gasteiger partial charge in [-0.3, -0.25) is 4.79 Å². The third kappa shape index (κ3) is 2.38. The van der Waals surface area contributed by atoms with Gasteiger partial charge in [0, 0.05) is 18.6 Å². The van der Waals surface area contributed by atoms with Gasteiger partial charge in [0.25, 0.3) is 0 Å². The van der Waals surface area contributed by atoms with Crippen molar-refractivity contribution in [3.63, 3.8) is 0 Å². The molecule has 1 heterocycles. The van der Waals surface area contributed by atoms with Crippen molar-refractivity contribution in [1.82, 2.24) is 0 Å². The van der Waals surface area contributed by atoms with Gasteiger partial charge < -0.3 is 14.3 Å². The smallest absolute Gasteiger partial charge is 0.193 e. The van der Waals surface area contributed by atoms with Crippen molar-refractivity contribution >= 4 is 11.0 Å². The third-order valence-electron chi connectivity index (χ3n) is 2.78. The Morgan fingerprint density at radius 1 is 1.39 bits per heavy atom. The van der Waals surface area contributed by atoms with Gasteiger partial charge in [-0.1, -0.05) is 0 Å². The molecule has 1 aromatic carbocycles. The molecule has 96 valence electrons. The van der Waals surface area contributed by atoms with E-state index in [2.05, 4.69) is 0 Å². The largest absolute Gasteiger partial charge is 0.497 e. The molecule has 0 spiro atoms. The van der Waals surface area contributed by atoms with E-state index < -0.39 is 6.10 Å². The van der Waals surface area contributed by atoms with E-state index in [1.165, 1.54) is 6.07 Å². The number of fused-ring (bicyclic) bond motifs is 1. The van der Waals surface area contributed by atoms with Gasteiger partial charge in [0.15, 0.2) is 5.43 Å². The lowest BCUT2D eigenvalue weighted by molar-refractivity contribution is 0.187. The average molecular weight is 248 g/mol. The summed E-state index contributed by atoms with van der Waals surface area (Å²) in [6.45, 7) is 3.50. The quantitative estimate of drug-likeness (QED) is 0.903. The van der Waals surface area contributed by atoms with Crippen LogP contribution in [0.15, 0.2) is 27.4 Å². The Labute approximate surface area is 105 Å². The second-order valence-electron chi connectivity index (χ2n) is 4.45. The monoisotopic (exact) mass is 248 g/mol. The number of methoxy groups -OCH3 is 1. The predicted molar refractivity (Wildman–Crippen MR) is 69.2 cm³/mol. The van der Waals surface area contributed by atoms with Crippen LogP contribution in [0.1, 0.15) is 18.2 Å². The molecule has 2 rings (SSSR count). The lowest BCUT2D eigenvalue weighted by atomic mass is 10.1. The summed E-state index contributed by atoms with van der Waals surface area (Å²) in [5, 5.41) is 9.90. The second kappa shape index (κ2) is 4.82. The molecule has 18 heavy (non-hydrogen) atoms. The van der Waals surface area contributed by atoms with Gasteiger partial charge in [0.2, 0.25) is 0 Å². The minimum absolute atomic E-state index is 0.0907. The zero-order valence-electron chi connectivity index (χ0n) is 10.7. The number of aliphatic hydroxyl groups is 1. The molecule has 4 nitrogen and oxygen atoms in total. The summed E-state index contributed by atoms with van der Waals surface area (Å²) >= 11 is 0. The fourth-order valence-electron chi connectivity index (χ4n) is 2.02. The molecule has 0 bridgehead atoms. The molecule has 0 amide bonds. The Bertz CT molecular complexity index is 625. The van der Waals surface area contributed by atoms with Crippen LogP contribution in [0.5, 0.6) is 5.75 Å². The number of aryl methyl sites for hydroxylation is 1. The van der Waals surface area contributed by atoms with Crippen molar-refractivity contribution in [3.8, 4) is 5.75 Å². The maximum absolute atomic E-state index is 12.0. The van der Waals surface area contributed by atoms with E-state index in [0.29, 0.717) is 28.9 Å². The fourth-order valence-corrected chi connectivity index (χ4v) is 2.02. The molecule has 1 atom stereocenters. The Morgan fingerprint density at radius 2 is 2.11 bits per heavy atom. The summed E-state index contributed by atoms with van der Waals surface area (Å²) in [6.07, 6.45) is -0.223. The predicted octanol–water partition coefficient (Wildman–Crippen LogP) is 2.03. The molecule has 0 aliphatic heterocycles. The number of aliphatic hydroxyl groups excluding tert-OH is 1. The zero-order chi connectivity index (χ0) is 13.3. The van der Waals surface area contributed by atoms with Gasteiger partial charge in [-0.15, -0.1) is 0 Å². The third-order valence-corrected chi connectivity index (χ3v) is 2.78. The number of ether oxygens (including phenoxy) is 1. The molecule has 1 aromatic heterocycles. The van der Waals surface area contributed by atoms with Crippen LogP contribution < -0.4 is 10.2 Å². The number of rotatable bonds is 3. The van der Waals surface area contributed by atoms with Crippen molar-refractivity contribution in [3.05, 3.63) is 39.7 Å². The van der Waals surface area contributed by atoms with Gasteiger partial charge in [0.05, 0.1) is 18.6 Å². The lowest BCUT2D eigenvalue weighted by Gasteiger charge is -2.08. The molecule has 2 aromatic rings. The van der Waals surface area contributed by atoms with Crippen LogP contribution in [-0.2, 0) is 6.42 Å². The molecule has 0 saturated carbocycles. The Kier molecular flexibility index (Phi) is 3.39. The highest BCUT2D eigenvalue weighted by Crippen LogP contribution is 2.23. The van der Waals surface area contributed by atoms with Crippen molar-refractivity contribution in [1.29, 1.82) is 0 Å². The molecule has 0 radical (unpaired) electrons. The Hall–Kier alpha value is -1.81. The standard InChI is InChI=1S/C14H16O4/c1-8-4-10(17-3)7-13-14(8)12(16)6-11(18-13)5-9(2)15/h4,6-7,9,15H,5H2,1-3H3/t9-/m1/s1. The zero-order valence-corrected chi connectivity index (χ0v) is 10.7. The number of hydrogen-bond acceptors (Lipinski definition) is 4. The Morgan fingerprint density at radius 3 is 2.72 bits per heavy atom. The molecule has 1 N–H and O–H groups in total. The molecule has 0 aliphatic rings. The molecule has 0 fully saturated rings. The average Bonchev–Trinajstić information content (AvgIpc) is 2.26. The minimum atomic E-state index is -0.544. The molecular formula is C14H16O4. The SMILES string of the molecule is COc1cc(C)c2c(=O)cc(C[C@@H](C)O)oc2c1. The summed E-state index contributed by atoms with van der Waals surface area (Å²) in [5.74, 6) is 1.13. The van der Waals surface area contributed by atoms with Crippen LogP contribution in [-0.4, -0.2) is 18.3 Å². The lowest BCUT2D eigenvalue weighted by Crippen LogP contribution is -2.09. The van der Waals surface area contributed by atoms with Crippen molar-refractivity contribution in [2.24, 2.45) is 0 Å². The summed E-state index contributed by atoms with van der Waals surface area (Å²) < 4.78 is 10.8. The van der Waals surface area contributed by atoms with Crippen LogP contribution in [0.4, 0.5) is 0 Å². The highest BCUT2D eigenvalue weighted by atomic mass is 16.5. The van der Waals surface area contributed by atoms with Crippen molar-refractivity contribution in [2.75, 3.05) is 7.11 Å². The first-order valence-corrected chi connectivity index (χ1v) is 5.80. The van der Waals surface area contributed by atoms with E-state index in [9.17, 15) is 9.90 Å². The summed E-state index contributed by atoms with van der Waals surface area (Å²) in [5.41, 5.74) is 1.23. The highest BCUT2D eigenvalue weighted by molar-refractivity contribution is 5.81. The van der Waals surface area contributed by atoms with Crippen LogP contribution in [0.2, 0.25) is 0 Å². The molecule has 0 saturated heterocycles. The van der Waals surface area contributed by atoms with Gasteiger partial charge >= 0.3 is 0 Å². The number of hydrogen-bond donors (Lipinski definition) is 1. The maximum atomic E-state index is 12.0. The first-order chi connectivity index (χ1) is 8.51. The summed E-state index contributed by atoms with van der Waals surface area (Å²) in [4.78, 5) is 12.0. The maximum Gasteiger partial charge on any atom is 0.193 e. The molecular weight excluding hydrogens is 232 g/mol. The van der Waals surface area contributed by atoms with Gasteiger partial charge in [-0.25, -0.2) is 0 Å². The first-order valence-electron chi connectivity index (χ1n) is 5.80. The minimum Gasteiger partial charge on any atom is -0.497 e. The fraction of sp³-hybridized carbons (Fsp3) is 0.357. The van der Waals surface area contributed by atoms with Crippen molar-refractivity contribution in [2.45, 2.75) is 26.4 Å². The van der Waals surface area contributed by atoms with E-state index in [4.69, 9.17) is 9.15 Å². The second-order valence-corrected chi connectivity index (χ2v) is 4.45. The van der Waals surface area contributed by atoms with E-state index in [1.54, 1.807) is 26.2 Å². The van der Waals surface area contributed by atoms with Gasteiger partial charge in [-0.2, -0.15) is 0 Å². The topological polar surface area (TPSA) is 59.7 Å². The summed E-state index contributed by atoms with van der Waals surface area (Å²) in [7, 11) is 1.57. The Balaban J connectivity index is 2.67. The van der Waals surface area contributed by atoms with E-state index in [1.807, 2.05) is 6.92 Å². The van der Waals surface area contributed by atoms with Crippen LogP contribution in [0.25, 0.3) is 11.0 Å². The van der Waals surface area contributed by atoms with E-state index in [-0.39, 0.29) is 5.43 Å². The van der Waals surface area contributed by atoms with Crippen molar-refractivity contribution < 1.29 is 14.3 Å². The first kappa shape index (κ1) is 12.6. The highest BCUT2D eigenvalue weighted by Gasteiger charge is 2.10. The van der Waals surface area contributed by atoms with Crippen LogP contribution in [0.3, 0.4) is 0 Å². The normalized spacial score (nSPS) is 12.7. The summed E-state index contributed by atoms with van der Waals surface area (Å²) in [6, 6.07) is 4.93. The van der Waals surface area contributed by atoms with E-state index in [0.717, 1.165) is 5.56 Å². The van der Waals surface area contributed by atoms with E-state index >= 15 is 0 Å². The van der Waals surface area contributed by atoms with Gasteiger partial charge in [-0.05, 0) is 25.5 Å². The van der Waals surface area contributed by atoms with Crippen LogP contribution >= 0.6 is 0 Å². The molecule has 0 unspecified atom stereocenters. The molecule has 4 heteroatoms. The van der Waals surface area contributed by atoms with Gasteiger partial charge in [0.1, 0.15) is 17.1 Å². The van der Waals surface area contributed by atoms with Crippen LogP contribution in [0, 0.1) is 6.92 Å². The molecule has 0 aliphatic carbocycles. The number of benzene rings is 1.